The average molecular weight is 184 g/mol. The third-order valence-corrected chi connectivity index (χ3v) is 2.94. The summed E-state index contributed by atoms with van der Waals surface area (Å²) < 4.78 is 5.33. The molecule has 0 bridgehead atoms. The quantitative estimate of drug-likeness (QED) is 0.594. The number of ether oxygens (including phenoxy) is 1. The first-order valence-electron chi connectivity index (χ1n) is 4.80. The van der Waals surface area contributed by atoms with Crippen molar-refractivity contribution in [1.29, 1.82) is 0 Å². The molecule has 2 fully saturated rings. The Morgan fingerprint density at radius 3 is 2.46 bits per heavy atom. The van der Waals surface area contributed by atoms with Crippen molar-refractivity contribution in [3.05, 3.63) is 0 Å². The molecule has 0 radical (unpaired) electrons. The van der Waals surface area contributed by atoms with Gasteiger partial charge in [0.05, 0.1) is 19.3 Å². The molecule has 3 atom stereocenters. The van der Waals surface area contributed by atoms with E-state index in [1.54, 1.807) is 6.92 Å². The second-order valence-electron chi connectivity index (χ2n) is 4.09. The highest BCUT2D eigenvalue weighted by atomic mass is 16.5. The summed E-state index contributed by atoms with van der Waals surface area (Å²) in [6.07, 6.45) is 0. The number of likely N-dealkylation sites (tertiary alicyclic amines) is 1. The first-order valence-corrected chi connectivity index (χ1v) is 4.80. The number of nitrogens with two attached hydrogens (primary N) is 1. The van der Waals surface area contributed by atoms with Crippen molar-refractivity contribution in [2.24, 2.45) is 17.6 Å². The van der Waals surface area contributed by atoms with Gasteiger partial charge < -0.3 is 15.4 Å². The van der Waals surface area contributed by atoms with Crippen LogP contribution in [0.4, 0.5) is 0 Å². The van der Waals surface area contributed by atoms with E-state index in [2.05, 4.69) is 0 Å². The van der Waals surface area contributed by atoms with Gasteiger partial charge in [-0.1, -0.05) is 0 Å². The number of carbonyl (C=O) groups is 1. The molecule has 3 unspecified atom stereocenters. The Morgan fingerprint density at radius 1 is 1.46 bits per heavy atom. The first kappa shape index (κ1) is 8.97. The lowest BCUT2D eigenvalue weighted by Gasteiger charge is -2.19. The summed E-state index contributed by atoms with van der Waals surface area (Å²) in [6.45, 7) is 5.05. The average Bonchev–Trinajstić information content (AvgIpc) is 2.59. The zero-order valence-corrected chi connectivity index (χ0v) is 7.90. The second kappa shape index (κ2) is 3.27. The Bertz CT molecular complexity index is 206. The molecule has 74 valence electrons. The van der Waals surface area contributed by atoms with Gasteiger partial charge in [0, 0.05) is 24.9 Å². The summed E-state index contributed by atoms with van der Waals surface area (Å²) in [7, 11) is 0. The lowest BCUT2D eigenvalue weighted by Crippen LogP contribution is -2.41. The molecule has 2 heterocycles. The van der Waals surface area contributed by atoms with Crippen LogP contribution in [-0.2, 0) is 9.53 Å². The van der Waals surface area contributed by atoms with E-state index < -0.39 is 0 Å². The smallest absolute Gasteiger partial charge is 0.239 e. The molecular weight excluding hydrogens is 168 g/mol. The van der Waals surface area contributed by atoms with Crippen molar-refractivity contribution in [3.8, 4) is 0 Å². The van der Waals surface area contributed by atoms with Crippen molar-refractivity contribution in [2.45, 2.75) is 13.0 Å². The van der Waals surface area contributed by atoms with E-state index in [9.17, 15) is 4.79 Å². The van der Waals surface area contributed by atoms with Crippen LogP contribution in [0.5, 0.6) is 0 Å². The molecule has 0 aliphatic carbocycles. The molecule has 2 saturated heterocycles. The van der Waals surface area contributed by atoms with Gasteiger partial charge in [-0.05, 0) is 6.92 Å². The van der Waals surface area contributed by atoms with Crippen LogP contribution in [0.2, 0.25) is 0 Å². The maximum absolute atomic E-state index is 11.5. The highest BCUT2D eigenvalue weighted by Gasteiger charge is 2.39. The van der Waals surface area contributed by atoms with Gasteiger partial charge >= 0.3 is 0 Å². The van der Waals surface area contributed by atoms with Gasteiger partial charge in [-0.2, -0.15) is 0 Å². The number of hydrogen-bond acceptors (Lipinski definition) is 3. The third-order valence-electron chi connectivity index (χ3n) is 2.94. The van der Waals surface area contributed by atoms with Crippen LogP contribution in [0.25, 0.3) is 0 Å². The lowest BCUT2D eigenvalue weighted by atomic mass is 10.0. The third kappa shape index (κ3) is 1.56. The molecule has 0 spiro atoms. The van der Waals surface area contributed by atoms with Crippen LogP contribution < -0.4 is 5.73 Å². The molecule has 0 saturated carbocycles. The highest BCUT2D eigenvalue weighted by Crippen LogP contribution is 2.29. The Labute approximate surface area is 78.0 Å². The summed E-state index contributed by atoms with van der Waals surface area (Å²) in [6, 6.07) is -0.361. The highest BCUT2D eigenvalue weighted by molar-refractivity contribution is 5.81. The Morgan fingerprint density at radius 2 is 2.00 bits per heavy atom. The Hall–Kier alpha value is -0.610. The number of fused-ring (bicyclic) bond motifs is 1. The number of carbonyl (C=O) groups excluding carboxylic acids is 1. The summed E-state index contributed by atoms with van der Waals surface area (Å²) in [5.74, 6) is 1.19. The van der Waals surface area contributed by atoms with Gasteiger partial charge in [-0.25, -0.2) is 0 Å². The minimum atomic E-state index is -0.361. The first-order chi connectivity index (χ1) is 6.18. The molecule has 4 nitrogen and oxygen atoms in total. The topological polar surface area (TPSA) is 55.6 Å². The van der Waals surface area contributed by atoms with E-state index in [0.29, 0.717) is 11.8 Å². The van der Waals surface area contributed by atoms with Crippen molar-refractivity contribution in [3.63, 3.8) is 0 Å². The van der Waals surface area contributed by atoms with Crippen molar-refractivity contribution in [2.75, 3.05) is 26.3 Å². The van der Waals surface area contributed by atoms with Gasteiger partial charge in [0.15, 0.2) is 0 Å². The Balaban J connectivity index is 1.95. The molecule has 13 heavy (non-hydrogen) atoms. The fraction of sp³-hybridized carbons (Fsp3) is 0.889. The summed E-state index contributed by atoms with van der Waals surface area (Å²) in [5, 5.41) is 0. The van der Waals surface area contributed by atoms with E-state index >= 15 is 0 Å². The molecule has 4 heteroatoms. The minimum Gasteiger partial charge on any atom is -0.381 e. The largest absolute Gasteiger partial charge is 0.381 e. The standard InChI is InChI=1S/C9H16N2O2/c1-6(10)9(12)11-2-7-4-13-5-8(7)3-11/h6-8H,2-5,10H2,1H3. The van der Waals surface area contributed by atoms with E-state index in [4.69, 9.17) is 10.5 Å². The number of hydrogen-bond donors (Lipinski definition) is 1. The predicted molar refractivity (Wildman–Crippen MR) is 48.0 cm³/mol. The summed E-state index contributed by atoms with van der Waals surface area (Å²) >= 11 is 0. The van der Waals surface area contributed by atoms with E-state index in [1.807, 2.05) is 4.90 Å². The lowest BCUT2D eigenvalue weighted by molar-refractivity contribution is -0.131. The SMILES string of the molecule is CC(N)C(=O)N1CC2COCC2C1. The maximum Gasteiger partial charge on any atom is 0.239 e. The van der Waals surface area contributed by atoms with Crippen molar-refractivity contribution < 1.29 is 9.53 Å². The van der Waals surface area contributed by atoms with Gasteiger partial charge in [-0.3, -0.25) is 4.79 Å². The predicted octanol–water partition coefficient (Wildman–Crippen LogP) is -0.562. The molecule has 2 N–H and O–H groups in total. The number of nitrogens with zero attached hydrogens (tertiary/aromatic N) is 1. The molecule has 0 aromatic rings. The zero-order valence-electron chi connectivity index (χ0n) is 7.90. The zero-order chi connectivity index (χ0) is 9.42. The molecule has 1 amide bonds. The van der Waals surface area contributed by atoms with Gasteiger partial charge in [0.25, 0.3) is 0 Å². The summed E-state index contributed by atoms with van der Waals surface area (Å²) in [4.78, 5) is 13.4. The fourth-order valence-corrected chi connectivity index (χ4v) is 2.16. The van der Waals surface area contributed by atoms with E-state index in [0.717, 1.165) is 26.3 Å². The Kier molecular flexibility index (Phi) is 2.26. The molecule has 2 aliphatic rings. The van der Waals surface area contributed by atoms with E-state index in [1.165, 1.54) is 0 Å². The number of amides is 1. The minimum absolute atomic E-state index is 0.0781. The van der Waals surface area contributed by atoms with Crippen molar-refractivity contribution in [1.82, 2.24) is 4.90 Å². The molecule has 0 aromatic carbocycles. The van der Waals surface area contributed by atoms with Gasteiger partial charge in [0.2, 0.25) is 5.91 Å². The molecular formula is C9H16N2O2. The monoisotopic (exact) mass is 184 g/mol. The van der Waals surface area contributed by atoms with Gasteiger partial charge in [0.1, 0.15) is 0 Å². The molecule has 0 aromatic heterocycles. The van der Waals surface area contributed by atoms with Gasteiger partial charge in [-0.15, -0.1) is 0 Å². The van der Waals surface area contributed by atoms with Crippen LogP contribution in [0, 0.1) is 11.8 Å². The second-order valence-corrected chi connectivity index (χ2v) is 4.09. The van der Waals surface area contributed by atoms with E-state index in [-0.39, 0.29) is 11.9 Å². The van der Waals surface area contributed by atoms with Crippen LogP contribution >= 0.6 is 0 Å². The van der Waals surface area contributed by atoms with Crippen molar-refractivity contribution >= 4 is 5.91 Å². The number of rotatable bonds is 1. The summed E-state index contributed by atoms with van der Waals surface area (Å²) in [5.41, 5.74) is 5.54. The van der Waals surface area contributed by atoms with Crippen LogP contribution in [-0.4, -0.2) is 43.2 Å². The van der Waals surface area contributed by atoms with Crippen LogP contribution in [0.3, 0.4) is 0 Å². The molecule has 2 aliphatic heterocycles. The molecule has 2 rings (SSSR count). The maximum atomic E-state index is 11.5. The normalized spacial score (nSPS) is 34.8. The van der Waals surface area contributed by atoms with Crippen LogP contribution in [0.1, 0.15) is 6.92 Å². The van der Waals surface area contributed by atoms with Crippen LogP contribution in [0.15, 0.2) is 0 Å². The fourth-order valence-electron chi connectivity index (χ4n) is 2.16.